The van der Waals surface area contributed by atoms with Crippen LogP contribution in [0.2, 0.25) is 0 Å². The number of amides is 1. The van der Waals surface area contributed by atoms with Crippen LogP contribution in [0, 0.1) is 5.82 Å². The molecule has 19 heavy (non-hydrogen) atoms. The Balaban J connectivity index is 2.65. The van der Waals surface area contributed by atoms with E-state index < -0.39 is 5.82 Å². The quantitative estimate of drug-likeness (QED) is 0.806. The molecule has 0 fully saturated rings. The minimum absolute atomic E-state index is 0.0499. The van der Waals surface area contributed by atoms with Crippen molar-refractivity contribution in [3.8, 4) is 0 Å². The largest absolute Gasteiger partial charge is 0.397 e. The SMILES string of the molecule is CCC(C)(C)N(C)CC(=O)Nc1ccc(F)cc1N. The number of carbonyl (C=O) groups excluding carboxylic acids is 1. The van der Waals surface area contributed by atoms with E-state index in [9.17, 15) is 9.18 Å². The first-order valence-corrected chi connectivity index (χ1v) is 6.32. The highest BCUT2D eigenvalue weighted by atomic mass is 19.1. The molecule has 1 rings (SSSR count). The van der Waals surface area contributed by atoms with Gasteiger partial charge in [-0.1, -0.05) is 6.92 Å². The lowest BCUT2D eigenvalue weighted by atomic mass is 10.00. The van der Waals surface area contributed by atoms with Gasteiger partial charge in [-0.15, -0.1) is 0 Å². The van der Waals surface area contributed by atoms with Gasteiger partial charge in [-0.3, -0.25) is 9.69 Å². The van der Waals surface area contributed by atoms with E-state index in [4.69, 9.17) is 5.73 Å². The molecule has 0 aliphatic heterocycles. The van der Waals surface area contributed by atoms with Gasteiger partial charge in [0, 0.05) is 5.54 Å². The Bertz CT molecular complexity index is 460. The lowest BCUT2D eigenvalue weighted by Gasteiger charge is -2.34. The first-order chi connectivity index (χ1) is 8.76. The van der Waals surface area contributed by atoms with Gasteiger partial charge < -0.3 is 11.1 Å². The smallest absolute Gasteiger partial charge is 0.238 e. The number of nitrogen functional groups attached to an aromatic ring is 1. The molecule has 0 aromatic heterocycles. The zero-order chi connectivity index (χ0) is 14.6. The van der Waals surface area contributed by atoms with E-state index in [2.05, 4.69) is 26.1 Å². The number of benzene rings is 1. The summed E-state index contributed by atoms with van der Waals surface area (Å²) >= 11 is 0. The second kappa shape index (κ2) is 6.02. The first-order valence-electron chi connectivity index (χ1n) is 6.32. The molecule has 5 heteroatoms. The molecule has 0 bridgehead atoms. The number of nitrogens with zero attached hydrogens (tertiary/aromatic N) is 1. The number of nitrogens with one attached hydrogen (secondary N) is 1. The van der Waals surface area contributed by atoms with Crippen molar-refractivity contribution in [2.75, 3.05) is 24.6 Å². The maximum Gasteiger partial charge on any atom is 0.238 e. The van der Waals surface area contributed by atoms with Gasteiger partial charge in [0.1, 0.15) is 5.82 Å². The van der Waals surface area contributed by atoms with Crippen LogP contribution in [0.5, 0.6) is 0 Å². The minimum Gasteiger partial charge on any atom is -0.397 e. The van der Waals surface area contributed by atoms with Crippen molar-refractivity contribution in [2.24, 2.45) is 0 Å². The fourth-order valence-electron chi connectivity index (χ4n) is 1.54. The van der Waals surface area contributed by atoms with Gasteiger partial charge in [0.25, 0.3) is 0 Å². The lowest BCUT2D eigenvalue weighted by molar-refractivity contribution is -0.118. The van der Waals surface area contributed by atoms with Crippen molar-refractivity contribution in [1.29, 1.82) is 0 Å². The number of anilines is 2. The summed E-state index contributed by atoms with van der Waals surface area (Å²) in [6.07, 6.45) is 0.940. The standard InChI is InChI=1S/C14H22FN3O/c1-5-14(2,3)18(4)9-13(19)17-12-7-6-10(15)8-11(12)16/h6-8H,5,9,16H2,1-4H3,(H,17,19). The molecular weight excluding hydrogens is 245 g/mol. The molecule has 0 aliphatic carbocycles. The summed E-state index contributed by atoms with van der Waals surface area (Å²) in [6, 6.07) is 3.93. The molecule has 0 unspecified atom stereocenters. The summed E-state index contributed by atoms with van der Waals surface area (Å²) in [7, 11) is 1.90. The maximum absolute atomic E-state index is 12.9. The van der Waals surface area contributed by atoms with Crippen LogP contribution >= 0.6 is 0 Å². The summed E-state index contributed by atoms with van der Waals surface area (Å²) in [6.45, 7) is 6.49. The number of rotatable bonds is 5. The Morgan fingerprint density at radius 1 is 1.47 bits per heavy atom. The van der Waals surface area contributed by atoms with Crippen LogP contribution in [0.1, 0.15) is 27.2 Å². The normalized spacial score (nSPS) is 11.7. The molecule has 1 amide bonds. The molecule has 0 radical (unpaired) electrons. The fraction of sp³-hybridized carbons (Fsp3) is 0.500. The molecule has 0 saturated carbocycles. The van der Waals surface area contributed by atoms with Crippen LogP contribution < -0.4 is 11.1 Å². The van der Waals surface area contributed by atoms with E-state index in [1.807, 2.05) is 11.9 Å². The second-order valence-corrected chi connectivity index (χ2v) is 5.30. The molecule has 0 heterocycles. The van der Waals surface area contributed by atoms with Crippen molar-refractivity contribution < 1.29 is 9.18 Å². The molecule has 1 aromatic rings. The Hall–Kier alpha value is -1.62. The third-order valence-corrected chi connectivity index (χ3v) is 3.57. The third-order valence-electron chi connectivity index (χ3n) is 3.57. The van der Waals surface area contributed by atoms with Crippen LogP contribution in [-0.4, -0.2) is 29.9 Å². The van der Waals surface area contributed by atoms with Crippen LogP contribution in [0.3, 0.4) is 0 Å². The fourth-order valence-corrected chi connectivity index (χ4v) is 1.54. The molecule has 0 saturated heterocycles. The first kappa shape index (κ1) is 15.4. The van der Waals surface area contributed by atoms with E-state index in [0.29, 0.717) is 5.69 Å². The molecule has 0 atom stereocenters. The Labute approximate surface area is 113 Å². The highest BCUT2D eigenvalue weighted by molar-refractivity contribution is 5.95. The Morgan fingerprint density at radius 3 is 2.63 bits per heavy atom. The van der Waals surface area contributed by atoms with Gasteiger partial charge in [0.15, 0.2) is 0 Å². The molecule has 0 spiro atoms. The van der Waals surface area contributed by atoms with Crippen LogP contribution in [0.4, 0.5) is 15.8 Å². The van der Waals surface area contributed by atoms with Crippen LogP contribution in [0.15, 0.2) is 18.2 Å². The highest BCUT2D eigenvalue weighted by Crippen LogP contribution is 2.20. The van der Waals surface area contributed by atoms with Crippen LogP contribution in [-0.2, 0) is 4.79 Å². The number of hydrogen-bond donors (Lipinski definition) is 2. The number of halogens is 1. The van der Waals surface area contributed by atoms with E-state index in [0.717, 1.165) is 6.42 Å². The molecule has 4 nitrogen and oxygen atoms in total. The average molecular weight is 267 g/mol. The second-order valence-electron chi connectivity index (χ2n) is 5.30. The van der Waals surface area contributed by atoms with Crippen molar-refractivity contribution in [2.45, 2.75) is 32.7 Å². The molecular formula is C14H22FN3O. The lowest BCUT2D eigenvalue weighted by Crippen LogP contribution is -2.44. The molecule has 106 valence electrons. The summed E-state index contributed by atoms with van der Waals surface area (Å²) in [5.74, 6) is -0.581. The van der Waals surface area contributed by atoms with Crippen LogP contribution in [0.25, 0.3) is 0 Å². The molecule has 3 N–H and O–H groups in total. The van der Waals surface area contributed by atoms with Gasteiger partial charge in [0.05, 0.1) is 17.9 Å². The van der Waals surface area contributed by atoms with Gasteiger partial charge in [-0.25, -0.2) is 4.39 Å². The Kier molecular flexibility index (Phi) is 4.89. The molecule has 0 aliphatic rings. The topological polar surface area (TPSA) is 58.4 Å². The minimum atomic E-state index is -0.417. The monoisotopic (exact) mass is 267 g/mol. The summed E-state index contributed by atoms with van der Waals surface area (Å²) < 4.78 is 12.9. The number of nitrogens with two attached hydrogens (primary N) is 1. The Morgan fingerprint density at radius 2 is 2.11 bits per heavy atom. The average Bonchev–Trinajstić information content (AvgIpc) is 2.32. The summed E-state index contributed by atoms with van der Waals surface area (Å²) in [5.41, 5.74) is 6.26. The van der Waals surface area contributed by atoms with E-state index in [1.54, 1.807) is 0 Å². The van der Waals surface area contributed by atoms with Gasteiger partial charge in [0.2, 0.25) is 5.91 Å². The zero-order valence-corrected chi connectivity index (χ0v) is 12.0. The van der Waals surface area contributed by atoms with Gasteiger partial charge in [-0.05, 0) is 45.5 Å². The van der Waals surface area contributed by atoms with E-state index in [-0.39, 0.29) is 23.7 Å². The predicted octanol–water partition coefficient (Wildman–Crippen LogP) is 2.47. The molecule has 1 aromatic carbocycles. The number of carbonyl (C=O) groups is 1. The maximum atomic E-state index is 12.9. The van der Waals surface area contributed by atoms with Gasteiger partial charge >= 0.3 is 0 Å². The number of hydrogen-bond acceptors (Lipinski definition) is 3. The zero-order valence-electron chi connectivity index (χ0n) is 12.0. The van der Waals surface area contributed by atoms with E-state index >= 15 is 0 Å². The third kappa shape index (κ3) is 4.21. The summed E-state index contributed by atoms with van der Waals surface area (Å²) in [5, 5.41) is 2.69. The summed E-state index contributed by atoms with van der Waals surface area (Å²) in [4.78, 5) is 13.9. The van der Waals surface area contributed by atoms with E-state index in [1.165, 1.54) is 18.2 Å². The van der Waals surface area contributed by atoms with Crippen molar-refractivity contribution in [1.82, 2.24) is 4.90 Å². The van der Waals surface area contributed by atoms with Gasteiger partial charge in [-0.2, -0.15) is 0 Å². The van der Waals surface area contributed by atoms with Crippen molar-refractivity contribution >= 4 is 17.3 Å². The highest BCUT2D eigenvalue weighted by Gasteiger charge is 2.23. The van der Waals surface area contributed by atoms with Crippen molar-refractivity contribution in [3.05, 3.63) is 24.0 Å². The number of likely N-dealkylation sites (N-methyl/N-ethyl adjacent to an activating group) is 1. The predicted molar refractivity (Wildman–Crippen MR) is 76.4 cm³/mol. The van der Waals surface area contributed by atoms with Crippen molar-refractivity contribution in [3.63, 3.8) is 0 Å².